The fraction of sp³-hybridized carbons (Fsp3) is 0.312. The van der Waals surface area contributed by atoms with Crippen LogP contribution in [-0.2, 0) is 0 Å². The highest BCUT2D eigenvalue weighted by Gasteiger charge is 2.14. The first kappa shape index (κ1) is 15.2. The molecule has 0 saturated carbocycles. The molecule has 0 aliphatic carbocycles. The quantitative estimate of drug-likeness (QED) is 0.519. The van der Waals surface area contributed by atoms with E-state index in [0.717, 1.165) is 31.7 Å². The van der Waals surface area contributed by atoms with Crippen molar-refractivity contribution >= 4 is 11.9 Å². The summed E-state index contributed by atoms with van der Waals surface area (Å²) in [4.78, 5) is 11.8. The summed E-state index contributed by atoms with van der Waals surface area (Å²) < 4.78 is 5.73. The first-order valence-electron chi connectivity index (χ1n) is 7.57. The minimum atomic E-state index is -0.415. The third kappa shape index (κ3) is 3.75. The number of non-ortho nitro benzene ring substituents is 1. The van der Waals surface area contributed by atoms with Crippen LogP contribution < -0.4 is 4.90 Å². The third-order valence-corrected chi connectivity index (χ3v) is 3.93. The standard InChI is InChI=1S/C16H18N4O3/c1-18-8-10-19(11-9-18)17-12-15-6-7-16(23-15)13-2-4-14(5-3-13)20(21)22/h2-7,12H,8-11H2,1H3/p+1/b17-12-. The minimum absolute atomic E-state index is 0.0688. The Balaban J connectivity index is 1.66. The molecule has 1 saturated heterocycles. The van der Waals surface area contributed by atoms with Gasteiger partial charge in [0, 0.05) is 17.7 Å². The number of nitrogens with zero attached hydrogens (tertiary/aromatic N) is 3. The SMILES string of the molecule is C[NH+]1CCN(/N=C\c2ccc(-c3ccc([N+](=O)[O-])cc3)o2)CC1. The predicted molar refractivity (Wildman–Crippen MR) is 86.6 cm³/mol. The molecule has 7 nitrogen and oxygen atoms in total. The molecule has 1 aliphatic rings. The van der Waals surface area contributed by atoms with Crippen LogP contribution in [0.25, 0.3) is 11.3 Å². The molecule has 2 aromatic rings. The lowest BCUT2D eigenvalue weighted by atomic mass is 10.1. The number of nitro groups is 1. The van der Waals surface area contributed by atoms with Gasteiger partial charge in [-0.15, -0.1) is 0 Å². The number of rotatable bonds is 4. The van der Waals surface area contributed by atoms with Gasteiger partial charge in [0.2, 0.25) is 0 Å². The van der Waals surface area contributed by atoms with E-state index in [1.165, 1.54) is 17.0 Å². The number of benzene rings is 1. The zero-order chi connectivity index (χ0) is 16.2. The third-order valence-electron chi connectivity index (χ3n) is 3.93. The monoisotopic (exact) mass is 315 g/mol. The molecule has 0 bridgehead atoms. The van der Waals surface area contributed by atoms with E-state index < -0.39 is 4.92 Å². The summed E-state index contributed by atoms with van der Waals surface area (Å²) in [5, 5.41) is 17.2. The lowest BCUT2D eigenvalue weighted by Crippen LogP contribution is -3.11. The van der Waals surface area contributed by atoms with Crippen molar-refractivity contribution in [3.63, 3.8) is 0 Å². The van der Waals surface area contributed by atoms with E-state index in [9.17, 15) is 10.1 Å². The molecule has 0 spiro atoms. The van der Waals surface area contributed by atoms with Crippen LogP contribution in [-0.4, -0.2) is 49.4 Å². The van der Waals surface area contributed by atoms with Crippen molar-refractivity contribution in [3.8, 4) is 11.3 Å². The molecule has 0 unspecified atom stereocenters. The maximum atomic E-state index is 10.7. The van der Waals surface area contributed by atoms with Gasteiger partial charge >= 0.3 is 0 Å². The molecular weight excluding hydrogens is 296 g/mol. The average Bonchev–Trinajstić information content (AvgIpc) is 3.03. The fourth-order valence-electron chi connectivity index (χ4n) is 2.46. The smallest absolute Gasteiger partial charge is 0.269 e. The van der Waals surface area contributed by atoms with Crippen LogP contribution in [0.4, 0.5) is 5.69 Å². The first-order valence-corrected chi connectivity index (χ1v) is 7.57. The number of hydrazone groups is 1. The van der Waals surface area contributed by atoms with Gasteiger partial charge in [-0.2, -0.15) is 5.10 Å². The summed E-state index contributed by atoms with van der Waals surface area (Å²) >= 11 is 0. The highest BCUT2D eigenvalue weighted by atomic mass is 16.6. The normalized spacial score (nSPS) is 16.1. The predicted octanol–water partition coefficient (Wildman–Crippen LogP) is 1.02. The molecule has 7 heteroatoms. The summed E-state index contributed by atoms with van der Waals surface area (Å²) in [5.74, 6) is 1.34. The summed E-state index contributed by atoms with van der Waals surface area (Å²) in [6, 6.07) is 10.00. The Morgan fingerprint density at radius 1 is 1.22 bits per heavy atom. The van der Waals surface area contributed by atoms with Crippen molar-refractivity contribution in [2.45, 2.75) is 0 Å². The van der Waals surface area contributed by atoms with Gasteiger partial charge in [-0.25, -0.2) is 0 Å². The van der Waals surface area contributed by atoms with Crippen molar-refractivity contribution in [2.75, 3.05) is 33.2 Å². The highest BCUT2D eigenvalue weighted by molar-refractivity contribution is 5.77. The van der Waals surface area contributed by atoms with Gasteiger partial charge in [0.1, 0.15) is 11.5 Å². The number of likely N-dealkylation sites (N-methyl/N-ethyl adjacent to an activating group) is 1. The Morgan fingerprint density at radius 2 is 1.91 bits per heavy atom. The zero-order valence-electron chi connectivity index (χ0n) is 12.9. The van der Waals surface area contributed by atoms with Gasteiger partial charge in [0.25, 0.3) is 5.69 Å². The Bertz CT molecular complexity index is 700. The molecule has 1 N–H and O–H groups in total. The number of nitrogens with one attached hydrogen (secondary N) is 1. The number of piperazine rings is 1. The van der Waals surface area contributed by atoms with E-state index in [1.807, 2.05) is 17.1 Å². The van der Waals surface area contributed by atoms with Gasteiger partial charge in [0.05, 0.1) is 44.4 Å². The number of furan rings is 1. The summed E-state index contributed by atoms with van der Waals surface area (Å²) in [6.07, 6.45) is 1.72. The van der Waals surface area contributed by atoms with Gasteiger partial charge in [-0.1, -0.05) is 0 Å². The molecule has 1 fully saturated rings. The molecule has 23 heavy (non-hydrogen) atoms. The number of hydrogen-bond acceptors (Lipinski definition) is 5. The van der Waals surface area contributed by atoms with E-state index in [-0.39, 0.29) is 5.69 Å². The Kier molecular flexibility index (Phi) is 4.38. The molecule has 1 aromatic heterocycles. The summed E-state index contributed by atoms with van der Waals surface area (Å²) in [5.41, 5.74) is 0.873. The molecule has 0 radical (unpaired) electrons. The van der Waals surface area contributed by atoms with Crippen LogP contribution in [0, 0.1) is 10.1 Å². The summed E-state index contributed by atoms with van der Waals surface area (Å²) in [6.45, 7) is 4.06. The van der Waals surface area contributed by atoms with E-state index in [0.29, 0.717) is 11.5 Å². The second-order valence-corrected chi connectivity index (χ2v) is 5.66. The molecular formula is C16H19N4O3+. The van der Waals surface area contributed by atoms with E-state index in [4.69, 9.17) is 4.42 Å². The van der Waals surface area contributed by atoms with Crippen molar-refractivity contribution in [1.82, 2.24) is 5.01 Å². The van der Waals surface area contributed by atoms with Crippen LogP contribution >= 0.6 is 0 Å². The van der Waals surface area contributed by atoms with Crippen molar-refractivity contribution in [2.24, 2.45) is 5.10 Å². The zero-order valence-corrected chi connectivity index (χ0v) is 12.9. The molecule has 1 aliphatic heterocycles. The Morgan fingerprint density at radius 3 is 2.57 bits per heavy atom. The maximum absolute atomic E-state index is 10.7. The van der Waals surface area contributed by atoms with Crippen LogP contribution in [0.3, 0.4) is 0 Å². The maximum Gasteiger partial charge on any atom is 0.269 e. The molecule has 2 heterocycles. The summed E-state index contributed by atoms with van der Waals surface area (Å²) in [7, 11) is 2.18. The topological polar surface area (TPSA) is 76.3 Å². The minimum Gasteiger partial charge on any atom is -0.455 e. The molecule has 0 amide bonds. The number of nitro benzene ring substituents is 1. The van der Waals surface area contributed by atoms with Crippen molar-refractivity contribution in [1.29, 1.82) is 0 Å². The Hall–Kier alpha value is -2.67. The van der Waals surface area contributed by atoms with Gasteiger partial charge < -0.3 is 9.32 Å². The second kappa shape index (κ2) is 6.62. The van der Waals surface area contributed by atoms with Crippen LogP contribution in [0.1, 0.15) is 5.76 Å². The number of quaternary nitrogens is 1. The average molecular weight is 315 g/mol. The van der Waals surface area contributed by atoms with Crippen molar-refractivity contribution in [3.05, 3.63) is 52.3 Å². The molecule has 1 aromatic carbocycles. The van der Waals surface area contributed by atoms with Gasteiger partial charge in [0.15, 0.2) is 0 Å². The number of hydrogen-bond donors (Lipinski definition) is 1. The van der Waals surface area contributed by atoms with E-state index in [1.54, 1.807) is 18.3 Å². The molecule has 120 valence electrons. The first-order chi connectivity index (χ1) is 11.1. The van der Waals surface area contributed by atoms with Gasteiger partial charge in [-0.3, -0.25) is 15.1 Å². The van der Waals surface area contributed by atoms with Crippen LogP contribution in [0.5, 0.6) is 0 Å². The van der Waals surface area contributed by atoms with Crippen molar-refractivity contribution < 1.29 is 14.2 Å². The molecule has 3 rings (SSSR count). The molecule has 0 atom stereocenters. The van der Waals surface area contributed by atoms with E-state index >= 15 is 0 Å². The lowest BCUT2D eigenvalue weighted by Gasteiger charge is -2.27. The highest BCUT2D eigenvalue weighted by Crippen LogP contribution is 2.24. The van der Waals surface area contributed by atoms with E-state index in [2.05, 4.69) is 12.1 Å². The lowest BCUT2D eigenvalue weighted by molar-refractivity contribution is -0.884. The largest absolute Gasteiger partial charge is 0.455 e. The fourth-order valence-corrected chi connectivity index (χ4v) is 2.46. The van der Waals surface area contributed by atoms with Crippen LogP contribution in [0.2, 0.25) is 0 Å². The van der Waals surface area contributed by atoms with Gasteiger partial charge in [-0.05, 0) is 24.3 Å². The van der Waals surface area contributed by atoms with Crippen LogP contribution in [0.15, 0.2) is 45.9 Å². The Labute approximate surface area is 134 Å². The second-order valence-electron chi connectivity index (χ2n) is 5.66.